The molecular formula is C46H62F4NO7+. The quantitative estimate of drug-likeness (QED) is 0.0404. The molecule has 320 valence electrons. The monoisotopic (exact) mass is 816 g/mol. The van der Waals surface area contributed by atoms with E-state index in [0.717, 1.165) is 72.2 Å². The highest BCUT2D eigenvalue weighted by atomic mass is 19.3. The maximum Gasteiger partial charge on any atom is 0.477 e. The summed E-state index contributed by atoms with van der Waals surface area (Å²) in [6, 6.07) is 4.31. The summed E-state index contributed by atoms with van der Waals surface area (Å²) in [4.78, 5) is 22.0. The van der Waals surface area contributed by atoms with Crippen LogP contribution in [0.1, 0.15) is 152 Å². The first-order valence-electron chi connectivity index (χ1n) is 20.6. The van der Waals surface area contributed by atoms with E-state index in [0.29, 0.717) is 38.5 Å². The SMILES string of the molecule is C=C(C)[C@@H]1CCC(C)=C[C@H]1c1c(O)cc(O)cc1C(F)(F)CCCCCCO[N+](=O)OCCCCCCC(F)(F)c1cc(O)cc(O)c1[C@@H]1C=C(C)CC[C@H]1C(=C)C. The molecule has 58 heavy (non-hydrogen) atoms. The summed E-state index contributed by atoms with van der Waals surface area (Å²) >= 11 is 0. The fourth-order valence-electron chi connectivity index (χ4n) is 8.55. The van der Waals surface area contributed by atoms with Gasteiger partial charge < -0.3 is 20.4 Å². The smallest absolute Gasteiger partial charge is 0.477 e. The van der Waals surface area contributed by atoms with Crippen LogP contribution < -0.4 is 0 Å². The summed E-state index contributed by atoms with van der Waals surface area (Å²) in [5.41, 5.74) is 3.29. The number of hydrogen-bond donors (Lipinski definition) is 4. The van der Waals surface area contributed by atoms with Gasteiger partial charge in [0.05, 0.1) is 0 Å². The van der Waals surface area contributed by atoms with E-state index in [1.165, 1.54) is 0 Å². The minimum absolute atomic E-state index is 0.00731. The fraction of sp³-hybridized carbons (Fsp3) is 0.565. The Hall–Kier alpha value is -4.48. The molecular weight excluding hydrogens is 754 g/mol. The van der Waals surface area contributed by atoms with E-state index in [1.54, 1.807) is 0 Å². The van der Waals surface area contributed by atoms with Crippen LogP contribution in [-0.4, -0.2) is 38.7 Å². The summed E-state index contributed by atoms with van der Waals surface area (Å²) in [5, 5.41) is 41.9. The molecule has 2 aromatic rings. The zero-order valence-corrected chi connectivity index (χ0v) is 34.5. The van der Waals surface area contributed by atoms with Crippen LogP contribution in [0.3, 0.4) is 0 Å². The van der Waals surface area contributed by atoms with Gasteiger partial charge in [0.25, 0.3) is 11.8 Å². The van der Waals surface area contributed by atoms with Crippen molar-refractivity contribution in [3.63, 3.8) is 0 Å². The van der Waals surface area contributed by atoms with Crippen LogP contribution in [0, 0.1) is 16.7 Å². The van der Waals surface area contributed by atoms with Gasteiger partial charge in [0.1, 0.15) is 27.9 Å². The maximum atomic E-state index is 15.7. The Morgan fingerprint density at radius 2 is 1.02 bits per heavy atom. The van der Waals surface area contributed by atoms with E-state index in [4.69, 9.17) is 9.68 Å². The van der Waals surface area contributed by atoms with Crippen LogP contribution in [0.4, 0.5) is 17.6 Å². The summed E-state index contributed by atoms with van der Waals surface area (Å²) in [5.74, 6) is -9.37. The fourth-order valence-corrected chi connectivity index (χ4v) is 8.55. The molecule has 0 aromatic heterocycles. The average molecular weight is 817 g/mol. The lowest BCUT2D eigenvalue weighted by atomic mass is 9.72. The predicted molar refractivity (Wildman–Crippen MR) is 217 cm³/mol. The Balaban J connectivity index is 1.15. The van der Waals surface area contributed by atoms with E-state index in [2.05, 4.69) is 13.2 Å². The minimum atomic E-state index is -3.30. The van der Waals surface area contributed by atoms with Crippen LogP contribution in [-0.2, 0) is 21.5 Å². The van der Waals surface area contributed by atoms with E-state index in [9.17, 15) is 25.3 Å². The van der Waals surface area contributed by atoms with Crippen molar-refractivity contribution in [3.05, 3.63) is 99.0 Å². The van der Waals surface area contributed by atoms with E-state index in [1.807, 2.05) is 39.8 Å². The molecule has 0 saturated carbocycles. The Kier molecular flexibility index (Phi) is 16.3. The molecule has 8 nitrogen and oxygen atoms in total. The number of rotatable bonds is 22. The molecule has 2 aromatic carbocycles. The third-order valence-electron chi connectivity index (χ3n) is 11.7. The molecule has 0 heterocycles. The molecule has 0 unspecified atom stereocenters. The molecule has 0 fully saturated rings. The van der Waals surface area contributed by atoms with Gasteiger partial charge >= 0.3 is 5.09 Å². The first kappa shape index (κ1) is 46.2. The second-order valence-electron chi connectivity index (χ2n) is 16.5. The van der Waals surface area contributed by atoms with Crippen molar-refractivity contribution < 1.29 is 52.7 Å². The van der Waals surface area contributed by atoms with Gasteiger partial charge in [-0.3, -0.25) is 0 Å². The lowest BCUT2D eigenvalue weighted by Crippen LogP contribution is -2.23. The number of allylic oxidation sites excluding steroid dienone is 6. The predicted octanol–water partition coefficient (Wildman–Crippen LogP) is 13.0. The van der Waals surface area contributed by atoms with Gasteiger partial charge in [-0.2, -0.15) is 9.68 Å². The molecule has 12 heteroatoms. The lowest BCUT2D eigenvalue weighted by molar-refractivity contribution is -0.981. The van der Waals surface area contributed by atoms with Crippen molar-refractivity contribution in [2.75, 3.05) is 13.2 Å². The third-order valence-corrected chi connectivity index (χ3v) is 11.7. The second-order valence-corrected chi connectivity index (χ2v) is 16.5. The summed E-state index contributed by atoms with van der Waals surface area (Å²) in [6.07, 6.45) is 9.07. The van der Waals surface area contributed by atoms with Crippen LogP contribution >= 0.6 is 0 Å². The number of alkyl halides is 4. The molecule has 4 rings (SSSR count). The highest BCUT2D eigenvalue weighted by molar-refractivity contribution is 5.53. The topological polar surface area (TPSA) is 119 Å². The van der Waals surface area contributed by atoms with Crippen LogP contribution in [0.25, 0.3) is 0 Å². The third kappa shape index (κ3) is 12.3. The number of benzene rings is 2. The van der Waals surface area contributed by atoms with Gasteiger partial charge in [-0.05, 0) is 116 Å². The van der Waals surface area contributed by atoms with Gasteiger partial charge in [-0.15, -0.1) is 0 Å². The molecule has 0 bridgehead atoms. The molecule has 0 amide bonds. The van der Waals surface area contributed by atoms with Crippen molar-refractivity contribution in [1.29, 1.82) is 0 Å². The highest BCUT2D eigenvalue weighted by Crippen LogP contribution is 2.51. The first-order chi connectivity index (χ1) is 27.3. The number of hydrogen-bond acceptors (Lipinski definition) is 7. The first-order valence-corrected chi connectivity index (χ1v) is 20.6. The maximum absolute atomic E-state index is 15.7. The lowest BCUT2D eigenvalue weighted by Gasteiger charge is -2.33. The van der Waals surface area contributed by atoms with Gasteiger partial charge in [-0.25, -0.2) is 17.6 Å². The van der Waals surface area contributed by atoms with Crippen molar-refractivity contribution in [2.24, 2.45) is 11.8 Å². The molecule has 0 spiro atoms. The van der Waals surface area contributed by atoms with E-state index in [-0.39, 0.29) is 76.7 Å². The Bertz CT molecular complexity index is 1710. The van der Waals surface area contributed by atoms with Crippen LogP contribution in [0.5, 0.6) is 23.0 Å². The Morgan fingerprint density at radius 1 is 0.655 bits per heavy atom. The number of aromatic hydroxyl groups is 4. The van der Waals surface area contributed by atoms with Crippen LogP contribution in [0.2, 0.25) is 0 Å². The zero-order valence-electron chi connectivity index (χ0n) is 34.5. The largest absolute Gasteiger partial charge is 0.508 e. The number of unbranched alkanes of at least 4 members (excludes halogenated alkanes) is 6. The number of phenols is 4. The molecule has 0 saturated heterocycles. The van der Waals surface area contributed by atoms with Gasteiger partial charge in [0, 0.05) is 59.1 Å². The summed E-state index contributed by atoms with van der Waals surface area (Å²) in [6.45, 7) is 15.8. The second kappa shape index (κ2) is 20.5. The molecule has 4 N–H and O–H groups in total. The van der Waals surface area contributed by atoms with Gasteiger partial charge in [0.2, 0.25) is 0 Å². The van der Waals surface area contributed by atoms with Gasteiger partial charge in [0.15, 0.2) is 13.2 Å². The number of halogens is 4. The van der Waals surface area contributed by atoms with Crippen molar-refractivity contribution in [3.8, 4) is 23.0 Å². The van der Waals surface area contributed by atoms with Crippen molar-refractivity contribution in [2.45, 2.75) is 141 Å². The van der Waals surface area contributed by atoms with Gasteiger partial charge in [-0.1, -0.05) is 60.4 Å². The van der Waals surface area contributed by atoms with E-state index >= 15 is 17.6 Å². The molecule has 0 radical (unpaired) electrons. The standard InChI is InChI=1S/C46H61F4NO7/c1-29(2)35-17-15-31(5)23-37(35)43-39(25-33(52)27-41(43)54)45(47,48)19-11-7-9-13-21-57-51(56)58-22-14-10-8-12-20-46(49,50)40-26-34(53)28-42(55)44(40)38-24-32(6)16-18-36(38)30(3)4/h23-28,35-38H,1,3,7-22H2,2,4-6H3,(H3-,52,53,54,55)/p+1/t35-,36-,37+,38+/m0/s1. The average Bonchev–Trinajstić information content (AvgIpc) is 3.13. The normalized spacial score (nSPS) is 19.9. The summed E-state index contributed by atoms with van der Waals surface area (Å²) in [7, 11) is 0. The highest BCUT2D eigenvalue weighted by Gasteiger charge is 2.41. The minimum Gasteiger partial charge on any atom is -0.508 e. The Labute approximate surface area is 340 Å². The Morgan fingerprint density at radius 3 is 1.38 bits per heavy atom. The molecule has 4 atom stereocenters. The van der Waals surface area contributed by atoms with E-state index < -0.39 is 48.0 Å². The molecule has 0 aliphatic heterocycles. The molecule has 2 aliphatic rings. The van der Waals surface area contributed by atoms with Crippen molar-refractivity contribution >= 4 is 0 Å². The van der Waals surface area contributed by atoms with Crippen molar-refractivity contribution in [1.82, 2.24) is 0 Å². The zero-order chi connectivity index (χ0) is 42.8. The number of nitrogens with zero attached hydrogens (tertiary/aromatic N) is 1. The summed E-state index contributed by atoms with van der Waals surface area (Å²) < 4.78 is 62.9. The molecule has 2 aliphatic carbocycles. The van der Waals surface area contributed by atoms with Crippen LogP contribution in [0.15, 0.2) is 71.9 Å². The number of phenolic OH excluding ortho intramolecular Hbond substituents is 4.